The average molecular weight is 578 g/mol. The van der Waals surface area contributed by atoms with Crippen LogP contribution in [0.3, 0.4) is 0 Å². The molecule has 1 saturated carbocycles. The molecular formula is C32H39N3O5S. The number of carbonyl (C=O) groups is 2. The highest BCUT2D eigenvalue weighted by molar-refractivity contribution is 7.14. The van der Waals surface area contributed by atoms with Crippen molar-refractivity contribution in [2.75, 3.05) is 37.7 Å². The van der Waals surface area contributed by atoms with E-state index in [4.69, 9.17) is 9.72 Å². The van der Waals surface area contributed by atoms with Crippen LogP contribution in [0.2, 0.25) is 0 Å². The van der Waals surface area contributed by atoms with E-state index < -0.39 is 5.97 Å². The highest BCUT2D eigenvalue weighted by Crippen LogP contribution is 2.43. The Morgan fingerprint density at radius 3 is 2.54 bits per heavy atom. The zero-order chi connectivity index (χ0) is 29.1. The molecule has 8 nitrogen and oxygen atoms in total. The lowest BCUT2D eigenvalue weighted by atomic mass is 9.69. The molecule has 1 amide bonds. The molecule has 2 bridgehead atoms. The van der Waals surface area contributed by atoms with Crippen molar-refractivity contribution in [3.05, 3.63) is 64.0 Å². The molecule has 2 N–H and O–H groups in total. The summed E-state index contributed by atoms with van der Waals surface area (Å²) in [5, 5.41) is 22.0. The molecule has 0 radical (unpaired) electrons. The van der Waals surface area contributed by atoms with Gasteiger partial charge in [-0.05, 0) is 80.8 Å². The summed E-state index contributed by atoms with van der Waals surface area (Å²) >= 11 is 1.60. The Morgan fingerprint density at radius 2 is 1.88 bits per heavy atom. The lowest BCUT2D eigenvalue weighted by molar-refractivity contribution is -0.148. The molecule has 9 heteroatoms. The van der Waals surface area contributed by atoms with Gasteiger partial charge in [-0.25, -0.2) is 4.98 Å². The van der Waals surface area contributed by atoms with Gasteiger partial charge in [0.2, 0.25) is 0 Å². The number of aromatic nitrogens is 1. The smallest absolute Gasteiger partial charge is 0.307 e. The third kappa shape index (κ3) is 6.26. The number of carbonyl (C=O) groups excluding carboxylic acids is 1. The van der Waals surface area contributed by atoms with Gasteiger partial charge >= 0.3 is 5.97 Å². The minimum Gasteiger partial charge on any atom is -0.488 e. The Kier molecular flexibility index (Phi) is 8.94. The Labute approximate surface area is 245 Å². The van der Waals surface area contributed by atoms with Gasteiger partial charge in [0.05, 0.1) is 18.2 Å². The largest absolute Gasteiger partial charge is 0.488 e. The summed E-state index contributed by atoms with van der Waals surface area (Å²) in [5.41, 5.74) is 5.46. The first kappa shape index (κ1) is 29.1. The standard InChI is InChI=1S/C32H39N3O5S/c1-4-34(12-13-36)30(37)22-9-10-25(21(3)15-22)18-40-28-11-8-20(2)14-26(28)27-19-41-32(33-27)35-16-23-6-5-7-24(17-35)29(23)31(38)39/h8-11,14-15,19,23-24,29,36H,4-7,12-13,16-18H2,1-3H3,(H,38,39)/t23-,24-/m0/s1. The highest BCUT2D eigenvalue weighted by atomic mass is 32.1. The number of ether oxygens (including phenoxy) is 1. The zero-order valence-electron chi connectivity index (χ0n) is 24.0. The molecule has 2 heterocycles. The fourth-order valence-electron chi connectivity index (χ4n) is 6.35. The van der Waals surface area contributed by atoms with Gasteiger partial charge in [-0.15, -0.1) is 11.3 Å². The van der Waals surface area contributed by atoms with Crippen molar-refractivity contribution < 1.29 is 24.5 Å². The van der Waals surface area contributed by atoms with Crippen LogP contribution in [-0.2, 0) is 11.4 Å². The number of aryl methyl sites for hydroxylation is 2. The SMILES string of the molecule is CCN(CCO)C(=O)c1ccc(COc2ccc(C)cc2-c2csc(N3C[C@@H]4CCC[C@@H](C3)C4C(=O)O)n2)c(C)c1. The van der Waals surface area contributed by atoms with Crippen LogP contribution in [0.5, 0.6) is 5.75 Å². The van der Waals surface area contributed by atoms with E-state index in [1.165, 1.54) is 0 Å². The lowest BCUT2D eigenvalue weighted by Crippen LogP contribution is -2.51. The second-order valence-corrected chi connectivity index (χ2v) is 12.1. The number of rotatable bonds is 10. The van der Waals surface area contributed by atoms with Gasteiger partial charge in [0.25, 0.3) is 5.91 Å². The van der Waals surface area contributed by atoms with E-state index in [0.717, 1.165) is 71.2 Å². The molecule has 5 rings (SSSR count). The fraction of sp³-hybridized carbons (Fsp3) is 0.469. The van der Waals surface area contributed by atoms with Crippen molar-refractivity contribution in [2.24, 2.45) is 17.8 Å². The third-order valence-corrected chi connectivity index (χ3v) is 9.45. The number of anilines is 1. The molecule has 3 aromatic rings. The van der Waals surface area contributed by atoms with Gasteiger partial charge in [0, 0.05) is 42.7 Å². The molecule has 2 aromatic carbocycles. The first-order valence-electron chi connectivity index (χ1n) is 14.5. The van der Waals surface area contributed by atoms with Crippen LogP contribution < -0.4 is 9.64 Å². The van der Waals surface area contributed by atoms with Crippen molar-refractivity contribution in [3.63, 3.8) is 0 Å². The summed E-state index contributed by atoms with van der Waals surface area (Å²) in [5.74, 6) is 0.117. The summed E-state index contributed by atoms with van der Waals surface area (Å²) in [4.78, 5) is 33.6. The number of nitrogens with zero attached hydrogens (tertiary/aromatic N) is 3. The van der Waals surface area contributed by atoms with Crippen LogP contribution in [0, 0.1) is 31.6 Å². The molecule has 1 saturated heterocycles. The number of thiazole rings is 1. The van der Waals surface area contributed by atoms with Crippen molar-refractivity contribution in [1.29, 1.82) is 0 Å². The molecule has 0 unspecified atom stereocenters. The predicted molar refractivity (Wildman–Crippen MR) is 161 cm³/mol. The van der Waals surface area contributed by atoms with Crippen molar-refractivity contribution in [1.82, 2.24) is 9.88 Å². The number of likely N-dealkylation sites (N-methyl/N-ethyl adjacent to an activating group) is 1. The summed E-state index contributed by atoms with van der Waals surface area (Å²) in [6, 6.07) is 11.7. The molecular weight excluding hydrogens is 538 g/mol. The summed E-state index contributed by atoms with van der Waals surface area (Å²) in [7, 11) is 0. The monoisotopic (exact) mass is 577 g/mol. The van der Waals surface area contributed by atoms with Crippen molar-refractivity contribution in [2.45, 2.75) is 46.6 Å². The maximum atomic E-state index is 12.8. The van der Waals surface area contributed by atoms with Gasteiger partial charge in [0.1, 0.15) is 12.4 Å². The van der Waals surface area contributed by atoms with Gasteiger partial charge in [-0.1, -0.05) is 24.1 Å². The van der Waals surface area contributed by atoms with E-state index in [2.05, 4.69) is 23.3 Å². The number of fused-ring (bicyclic) bond motifs is 2. The van der Waals surface area contributed by atoms with Crippen LogP contribution in [-0.4, -0.2) is 64.8 Å². The van der Waals surface area contributed by atoms with E-state index in [-0.39, 0.29) is 30.3 Å². The van der Waals surface area contributed by atoms with E-state index in [1.54, 1.807) is 16.2 Å². The minimum atomic E-state index is -0.651. The number of benzene rings is 2. The van der Waals surface area contributed by atoms with E-state index in [0.29, 0.717) is 25.3 Å². The van der Waals surface area contributed by atoms with Gasteiger partial charge in [-0.3, -0.25) is 9.59 Å². The molecule has 1 aliphatic heterocycles. The number of aliphatic hydroxyl groups excluding tert-OH is 1. The van der Waals surface area contributed by atoms with Gasteiger partial charge in [-0.2, -0.15) is 0 Å². The van der Waals surface area contributed by atoms with E-state index in [1.807, 2.05) is 44.2 Å². The Hall–Kier alpha value is -3.43. The minimum absolute atomic E-state index is 0.0614. The molecule has 41 heavy (non-hydrogen) atoms. The lowest BCUT2D eigenvalue weighted by Gasteiger charge is -2.45. The summed E-state index contributed by atoms with van der Waals surface area (Å²) in [6.07, 6.45) is 3.04. The molecule has 2 aliphatic rings. The number of aliphatic hydroxyl groups is 1. The predicted octanol–water partition coefficient (Wildman–Crippen LogP) is 5.40. The van der Waals surface area contributed by atoms with Crippen LogP contribution in [0.25, 0.3) is 11.3 Å². The number of amides is 1. The van der Waals surface area contributed by atoms with Crippen LogP contribution in [0.15, 0.2) is 41.8 Å². The van der Waals surface area contributed by atoms with Crippen LogP contribution in [0.4, 0.5) is 5.13 Å². The van der Waals surface area contributed by atoms with E-state index in [9.17, 15) is 19.8 Å². The number of hydrogen-bond donors (Lipinski definition) is 2. The molecule has 2 fully saturated rings. The number of carboxylic acids is 1. The molecule has 218 valence electrons. The van der Waals surface area contributed by atoms with Crippen LogP contribution in [0.1, 0.15) is 53.2 Å². The Bertz CT molecular complexity index is 1390. The van der Waals surface area contributed by atoms with Crippen molar-refractivity contribution in [3.8, 4) is 17.0 Å². The molecule has 0 spiro atoms. The maximum Gasteiger partial charge on any atom is 0.307 e. The maximum absolute atomic E-state index is 12.8. The first-order chi connectivity index (χ1) is 19.8. The van der Waals surface area contributed by atoms with Crippen LogP contribution >= 0.6 is 11.3 Å². The number of hydrogen-bond acceptors (Lipinski definition) is 7. The number of aliphatic carboxylic acids is 1. The quantitative estimate of drug-likeness (QED) is 0.333. The zero-order valence-corrected chi connectivity index (χ0v) is 24.8. The van der Waals surface area contributed by atoms with Gasteiger partial charge < -0.3 is 24.7 Å². The van der Waals surface area contributed by atoms with Crippen molar-refractivity contribution >= 4 is 28.3 Å². The van der Waals surface area contributed by atoms with Gasteiger partial charge in [0.15, 0.2) is 5.13 Å². The second-order valence-electron chi connectivity index (χ2n) is 11.3. The number of carboxylic acid groups (broad SMARTS) is 1. The average Bonchev–Trinajstić information content (AvgIpc) is 3.45. The number of piperidine rings is 1. The molecule has 1 aliphatic carbocycles. The molecule has 1 aromatic heterocycles. The fourth-order valence-corrected chi connectivity index (χ4v) is 7.20. The second kappa shape index (κ2) is 12.6. The topological polar surface area (TPSA) is 103 Å². The molecule has 2 atom stereocenters. The highest BCUT2D eigenvalue weighted by Gasteiger charge is 2.44. The normalized spacial score (nSPS) is 20.1. The summed E-state index contributed by atoms with van der Waals surface area (Å²) < 4.78 is 6.33. The summed E-state index contributed by atoms with van der Waals surface area (Å²) in [6.45, 7) is 8.56. The first-order valence-corrected chi connectivity index (χ1v) is 15.3. The Morgan fingerprint density at radius 1 is 1.12 bits per heavy atom. The Balaban J connectivity index is 1.31. The third-order valence-electron chi connectivity index (χ3n) is 8.55. The van der Waals surface area contributed by atoms with E-state index >= 15 is 0 Å².